The van der Waals surface area contributed by atoms with E-state index in [1.807, 2.05) is 31.2 Å². The van der Waals surface area contributed by atoms with Crippen LogP contribution in [-0.2, 0) is 16.0 Å². The number of imide groups is 1. The van der Waals surface area contributed by atoms with Crippen molar-refractivity contribution in [1.29, 1.82) is 0 Å². The summed E-state index contributed by atoms with van der Waals surface area (Å²) in [5, 5.41) is 0.449. The number of carbonyl (C=O) groups is 2. The van der Waals surface area contributed by atoms with Gasteiger partial charge in [-0.1, -0.05) is 48.4 Å². The summed E-state index contributed by atoms with van der Waals surface area (Å²) in [6, 6.07) is 11.2. The van der Waals surface area contributed by atoms with Gasteiger partial charge in [-0.25, -0.2) is 9.88 Å². The SMILES string of the molecule is Cc1ccc(C[C@@H]2C(=O)N(c3cc(Cl)ccn3)C(=O)[C@@H]2C)cc1. The second-order valence-corrected chi connectivity index (χ2v) is 6.37. The van der Waals surface area contributed by atoms with Gasteiger partial charge in [0.25, 0.3) is 0 Å². The quantitative estimate of drug-likeness (QED) is 0.811. The van der Waals surface area contributed by atoms with Gasteiger partial charge in [0.2, 0.25) is 11.8 Å². The molecule has 0 N–H and O–H groups in total. The zero-order valence-electron chi connectivity index (χ0n) is 13.0. The molecule has 1 aromatic carbocycles. The fourth-order valence-electron chi connectivity index (χ4n) is 2.85. The number of aromatic nitrogens is 1. The van der Waals surface area contributed by atoms with Gasteiger partial charge < -0.3 is 0 Å². The summed E-state index contributed by atoms with van der Waals surface area (Å²) in [6.07, 6.45) is 2.04. The lowest BCUT2D eigenvalue weighted by molar-refractivity contribution is -0.122. The summed E-state index contributed by atoms with van der Waals surface area (Å²) in [5.41, 5.74) is 2.22. The van der Waals surface area contributed by atoms with Crippen molar-refractivity contribution in [2.75, 3.05) is 4.90 Å². The van der Waals surface area contributed by atoms with Crippen molar-refractivity contribution in [2.24, 2.45) is 11.8 Å². The van der Waals surface area contributed by atoms with Crippen molar-refractivity contribution in [1.82, 2.24) is 4.98 Å². The molecule has 118 valence electrons. The van der Waals surface area contributed by atoms with Crippen LogP contribution in [0.3, 0.4) is 0 Å². The zero-order chi connectivity index (χ0) is 16.6. The Morgan fingerprint density at radius 1 is 1.13 bits per heavy atom. The first-order valence-corrected chi connectivity index (χ1v) is 7.90. The average Bonchev–Trinajstić information content (AvgIpc) is 2.73. The van der Waals surface area contributed by atoms with E-state index in [2.05, 4.69) is 4.98 Å². The molecule has 0 radical (unpaired) electrons. The highest BCUT2D eigenvalue weighted by molar-refractivity contribution is 6.31. The van der Waals surface area contributed by atoms with Crippen molar-refractivity contribution >= 4 is 29.2 Å². The molecule has 1 saturated heterocycles. The number of anilines is 1. The molecule has 2 amide bonds. The zero-order valence-corrected chi connectivity index (χ0v) is 13.7. The molecule has 0 spiro atoms. The number of carbonyl (C=O) groups excluding carboxylic acids is 2. The average molecular weight is 329 g/mol. The molecular weight excluding hydrogens is 312 g/mol. The summed E-state index contributed by atoms with van der Waals surface area (Å²) >= 11 is 5.95. The van der Waals surface area contributed by atoms with Crippen LogP contribution in [0, 0.1) is 18.8 Å². The van der Waals surface area contributed by atoms with E-state index in [1.165, 1.54) is 11.8 Å². The number of amides is 2. The van der Waals surface area contributed by atoms with Crippen LogP contribution in [0.5, 0.6) is 0 Å². The van der Waals surface area contributed by atoms with E-state index in [9.17, 15) is 9.59 Å². The molecule has 2 atom stereocenters. The maximum atomic E-state index is 12.7. The smallest absolute Gasteiger partial charge is 0.239 e. The number of nitrogens with zero attached hydrogens (tertiary/aromatic N) is 2. The van der Waals surface area contributed by atoms with Crippen LogP contribution in [0.4, 0.5) is 5.82 Å². The minimum atomic E-state index is -0.371. The topological polar surface area (TPSA) is 50.3 Å². The van der Waals surface area contributed by atoms with Gasteiger partial charge in [-0.3, -0.25) is 9.59 Å². The van der Waals surface area contributed by atoms with E-state index in [0.29, 0.717) is 17.3 Å². The van der Waals surface area contributed by atoms with Crippen molar-refractivity contribution < 1.29 is 9.59 Å². The molecule has 4 nitrogen and oxygen atoms in total. The maximum absolute atomic E-state index is 12.7. The van der Waals surface area contributed by atoms with Gasteiger partial charge in [-0.05, 0) is 25.0 Å². The van der Waals surface area contributed by atoms with Crippen LogP contribution in [0.25, 0.3) is 0 Å². The fourth-order valence-corrected chi connectivity index (χ4v) is 3.00. The Bertz CT molecular complexity index is 758. The van der Waals surface area contributed by atoms with Crippen molar-refractivity contribution in [3.63, 3.8) is 0 Å². The monoisotopic (exact) mass is 328 g/mol. The molecule has 0 unspecified atom stereocenters. The molecule has 0 bridgehead atoms. The largest absolute Gasteiger partial charge is 0.274 e. The van der Waals surface area contributed by atoms with Crippen LogP contribution in [-0.4, -0.2) is 16.8 Å². The molecule has 3 rings (SSSR count). The fraction of sp³-hybridized carbons (Fsp3) is 0.278. The van der Waals surface area contributed by atoms with E-state index in [1.54, 1.807) is 19.1 Å². The first-order chi connectivity index (χ1) is 11.0. The Balaban J connectivity index is 1.87. The second-order valence-electron chi connectivity index (χ2n) is 5.93. The summed E-state index contributed by atoms with van der Waals surface area (Å²) in [7, 11) is 0. The lowest BCUT2D eigenvalue weighted by Crippen LogP contribution is -2.31. The summed E-state index contributed by atoms with van der Waals surface area (Å²) in [6.45, 7) is 3.81. The normalized spacial score (nSPS) is 21.1. The predicted molar refractivity (Wildman–Crippen MR) is 89.3 cm³/mol. The molecule has 2 aromatic rings. The first kappa shape index (κ1) is 15.7. The lowest BCUT2D eigenvalue weighted by atomic mass is 9.90. The Labute approximate surface area is 140 Å². The van der Waals surface area contributed by atoms with E-state index < -0.39 is 0 Å². The number of rotatable bonds is 3. The van der Waals surface area contributed by atoms with Gasteiger partial charge in [0, 0.05) is 23.2 Å². The number of pyridine rings is 1. The Kier molecular flexibility index (Phi) is 4.18. The molecule has 23 heavy (non-hydrogen) atoms. The van der Waals surface area contributed by atoms with Crippen LogP contribution >= 0.6 is 11.6 Å². The first-order valence-electron chi connectivity index (χ1n) is 7.52. The molecule has 1 aliphatic heterocycles. The molecular formula is C18H17ClN2O2. The van der Waals surface area contributed by atoms with Crippen LogP contribution in [0.15, 0.2) is 42.6 Å². The van der Waals surface area contributed by atoms with Crippen molar-refractivity contribution in [3.05, 3.63) is 58.7 Å². The van der Waals surface area contributed by atoms with E-state index in [4.69, 9.17) is 11.6 Å². The van der Waals surface area contributed by atoms with E-state index in [-0.39, 0.29) is 23.7 Å². The van der Waals surface area contributed by atoms with Gasteiger partial charge in [0.1, 0.15) is 5.82 Å². The minimum Gasteiger partial charge on any atom is -0.274 e. The highest BCUT2D eigenvalue weighted by Gasteiger charge is 2.46. The lowest BCUT2D eigenvalue weighted by Gasteiger charge is -2.14. The Hall–Kier alpha value is -2.20. The highest BCUT2D eigenvalue weighted by Crippen LogP contribution is 2.32. The Morgan fingerprint density at radius 2 is 1.83 bits per heavy atom. The van der Waals surface area contributed by atoms with Gasteiger partial charge in [0.15, 0.2) is 0 Å². The number of hydrogen-bond donors (Lipinski definition) is 0. The molecule has 0 saturated carbocycles. The summed E-state index contributed by atoms with van der Waals surface area (Å²) < 4.78 is 0. The number of hydrogen-bond acceptors (Lipinski definition) is 3. The standard InChI is InChI=1S/C18H17ClN2O2/c1-11-3-5-13(6-4-11)9-15-12(2)17(22)21(18(15)23)16-10-14(19)7-8-20-16/h3-8,10,12,15H,9H2,1-2H3/t12-,15+/m1/s1. The number of aryl methyl sites for hydroxylation is 1. The van der Waals surface area contributed by atoms with Gasteiger partial charge >= 0.3 is 0 Å². The molecule has 5 heteroatoms. The molecule has 2 heterocycles. The van der Waals surface area contributed by atoms with Gasteiger partial charge in [-0.2, -0.15) is 0 Å². The molecule has 1 fully saturated rings. The third kappa shape index (κ3) is 2.99. The van der Waals surface area contributed by atoms with Crippen LogP contribution in [0.2, 0.25) is 5.02 Å². The highest BCUT2D eigenvalue weighted by atomic mass is 35.5. The van der Waals surface area contributed by atoms with Crippen LogP contribution in [0.1, 0.15) is 18.1 Å². The molecule has 1 aliphatic rings. The molecule has 1 aromatic heterocycles. The third-order valence-corrected chi connectivity index (χ3v) is 4.50. The van der Waals surface area contributed by atoms with Gasteiger partial charge in [0.05, 0.1) is 5.92 Å². The van der Waals surface area contributed by atoms with Crippen molar-refractivity contribution in [3.8, 4) is 0 Å². The second kappa shape index (κ2) is 6.13. The maximum Gasteiger partial charge on any atom is 0.239 e. The van der Waals surface area contributed by atoms with E-state index in [0.717, 1.165) is 10.5 Å². The Morgan fingerprint density at radius 3 is 2.48 bits per heavy atom. The molecule has 0 aliphatic carbocycles. The van der Waals surface area contributed by atoms with Crippen LogP contribution < -0.4 is 4.90 Å². The minimum absolute atomic E-state index is 0.210. The predicted octanol–water partition coefficient (Wildman–Crippen LogP) is 3.41. The van der Waals surface area contributed by atoms with E-state index >= 15 is 0 Å². The number of benzene rings is 1. The van der Waals surface area contributed by atoms with Crippen molar-refractivity contribution in [2.45, 2.75) is 20.3 Å². The van der Waals surface area contributed by atoms with Gasteiger partial charge in [-0.15, -0.1) is 0 Å². The number of halogens is 1. The summed E-state index contributed by atoms with van der Waals surface area (Å²) in [5.74, 6) is -0.874. The third-order valence-electron chi connectivity index (χ3n) is 4.26. The summed E-state index contributed by atoms with van der Waals surface area (Å²) in [4.78, 5) is 30.5.